The molecule has 8 heteroatoms. The minimum atomic E-state index is -0.190. The van der Waals surface area contributed by atoms with E-state index >= 15 is 0 Å². The Hall–Kier alpha value is -2.71. The largest absolute Gasteiger partial charge is 0.396 e. The van der Waals surface area contributed by atoms with Crippen molar-refractivity contribution in [1.29, 1.82) is 0 Å². The van der Waals surface area contributed by atoms with Gasteiger partial charge < -0.3 is 14.6 Å². The first-order valence-corrected chi connectivity index (χ1v) is 12.7. The first-order chi connectivity index (χ1) is 16.1. The van der Waals surface area contributed by atoms with E-state index in [1.165, 1.54) is 30.6 Å². The van der Waals surface area contributed by atoms with Crippen molar-refractivity contribution in [2.45, 2.75) is 64.0 Å². The number of aliphatic hydroxyl groups is 1. The number of aryl methyl sites for hydroxylation is 1. The second-order valence-corrected chi connectivity index (χ2v) is 9.66. The molecule has 0 aliphatic heterocycles. The number of aliphatic hydroxyl groups excluding tert-OH is 1. The maximum Gasteiger partial charge on any atom is 0.268 e. The maximum absolute atomic E-state index is 13.2. The van der Waals surface area contributed by atoms with E-state index in [9.17, 15) is 9.59 Å². The number of carbonyl (C=O) groups excluding carboxylic acids is 2. The number of anilines is 1. The summed E-state index contributed by atoms with van der Waals surface area (Å²) < 4.78 is 2.00. The molecule has 2 N–H and O–H groups in total. The van der Waals surface area contributed by atoms with Crippen LogP contribution in [0.1, 0.15) is 71.4 Å². The summed E-state index contributed by atoms with van der Waals surface area (Å²) >= 11 is 1.38. The lowest BCUT2D eigenvalue weighted by molar-refractivity contribution is 0.0696. The fourth-order valence-electron chi connectivity index (χ4n) is 4.55. The number of thiophene rings is 1. The molecule has 2 heterocycles. The van der Waals surface area contributed by atoms with Crippen LogP contribution >= 0.6 is 11.3 Å². The number of hydrogen-bond donors (Lipinski definition) is 2. The number of rotatable bonds is 9. The van der Waals surface area contributed by atoms with E-state index in [2.05, 4.69) is 5.32 Å². The molecular formula is C25H32N4O3S. The van der Waals surface area contributed by atoms with E-state index in [1.807, 2.05) is 46.2 Å². The maximum atomic E-state index is 13.2. The average molecular weight is 469 g/mol. The van der Waals surface area contributed by atoms with Crippen molar-refractivity contribution in [3.63, 3.8) is 0 Å². The zero-order valence-electron chi connectivity index (χ0n) is 19.1. The highest BCUT2D eigenvalue weighted by Crippen LogP contribution is 2.26. The number of imidazole rings is 1. The lowest BCUT2D eigenvalue weighted by Gasteiger charge is -2.31. The van der Waals surface area contributed by atoms with Crippen LogP contribution in [0.25, 0.3) is 11.0 Å². The number of hydrogen-bond acceptors (Lipinski definition) is 5. The molecule has 0 saturated heterocycles. The molecule has 1 aliphatic carbocycles. The molecule has 1 aromatic carbocycles. The van der Waals surface area contributed by atoms with Crippen LogP contribution in [-0.4, -0.2) is 51.1 Å². The number of nitrogens with one attached hydrogen (secondary N) is 1. The van der Waals surface area contributed by atoms with Gasteiger partial charge in [0.25, 0.3) is 11.8 Å². The highest BCUT2D eigenvalue weighted by molar-refractivity contribution is 7.12. The van der Waals surface area contributed by atoms with Gasteiger partial charge in [-0.2, -0.15) is 0 Å². The zero-order chi connectivity index (χ0) is 23.2. The predicted octanol–water partition coefficient (Wildman–Crippen LogP) is 4.92. The first-order valence-electron chi connectivity index (χ1n) is 11.8. The van der Waals surface area contributed by atoms with Gasteiger partial charge in [0.2, 0.25) is 5.95 Å². The number of aromatic nitrogens is 2. The fraction of sp³-hybridized carbons (Fsp3) is 0.480. The van der Waals surface area contributed by atoms with E-state index in [-0.39, 0.29) is 18.4 Å². The van der Waals surface area contributed by atoms with E-state index < -0.39 is 0 Å². The summed E-state index contributed by atoms with van der Waals surface area (Å²) in [5, 5.41) is 13.9. The van der Waals surface area contributed by atoms with Crippen LogP contribution in [0.3, 0.4) is 0 Å². The van der Waals surface area contributed by atoms with Crippen LogP contribution < -0.4 is 5.32 Å². The third kappa shape index (κ3) is 5.45. The summed E-state index contributed by atoms with van der Waals surface area (Å²) in [6.45, 7) is 0.846. The summed E-state index contributed by atoms with van der Waals surface area (Å²) in [7, 11) is 1.90. The van der Waals surface area contributed by atoms with Crippen molar-refractivity contribution in [3.05, 3.63) is 46.2 Å². The lowest BCUT2D eigenvalue weighted by Crippen LogP contribution is -2.38. The first kappa shape index (κ1) is 23.4. The molecule has 1 saturated carbocycles. The monoisotopic (exact) mass is 468 g/mol. The fourth-order valence-corrected chi connectivity index (χ4v) is 5.17. The highest BCUT2D eigenvalue weighted by Gasteiger charge is 2.24. The van der Waals surface area contributed by atoms with Gasteiger partial charge in [0.1, 0.15) is 0 Å². The number of amides is 2. The zero-order valence-corrected chi connectivity index (χ0v) is 19.9. The van der Waals surface area contributed by atoms with Gasteiger partial charge in [-0.15, -0.1) is 11.3 Å². The number of fused-ring (bicyclic) bond motifs is 1. The molecule has 0 unspecified atom stereocenters. The van der Waals surface area contributed by atoms with E-state index in [0.717, 1.165) is 37.6 Å². The molecule has 2 aromatic heterocycles. The Kier molecular flexibility index (Phi) is 7.77. The molecule has 7 nitrogen and oxygen atoms in total. The summed E-state index contributed by atoms with van der Waals surface area (Å²) in [5.41, 5.74) is 2.20. The molecule has 0 spiro atoms. The van der Waals surface area contributed by atoms with Gasteiger partial charge in [-0.05, 0) is 61.7 Å². The quantitative estimate of drug-likeness (QED) is 0.437. The topological polar surface area (TPSA) is 87.5 Å². The van der Waals surface area contributed by atoms with Crippen molar-refractivity contribution in [3.8, 4) is 0 Å². The van der Waals surface area contributed by atoms with Crippen LogP contribution in [0.15, 0.2) is 35.7 Å². The Labute approximate surface area is 198 Å². The van der Waals surface area contributed by atoms with Crippen molar-refractivity contribution in [2.75, 3.05) is 19.0 Å². The number of nitrogens with zero attached hydrogens (tertiary/aromatic N) is 3. The molecule has 176 valence electrons. The molecule has 3 aromatic rings. The van der Waals surface area contributed by atoms with Crippen molar-refractivity contribution in [1.82, 2.24) is 14.5 Å². The Morgan fingerprint density at radius 3 is 2.73 bits per heavy atom. The SMILES string of the molecule is CN(C(=O)c1ccc2c(c1)nc(NC(=O)c1cccs1)n2CCCCCO)C1CCCCC1. The van der Waals surface area contributed by atoms with Gasteiger partial charge in [0.05, 0.1) is 15.9 Å². The smallest absolute Gasteiger partial charge is 0.268 e. The van der Waals surface area contributed by atoms with Crippen molar-refractivity contribution in [2.24, 2.45) is 0 Å². The van der Waals surface area contributed by atoms with Gasteiger partial charge in [-0.3, -0.25) is 14.9 Å². The molecule has 0 atom stereocenters. The van der Waals surface area contributed by atoms with Gasteiger partial charge in [0, 0.05) is 31.8 Å². The van der Waals surface area contributed by atoms with Gasteiger partial charge in [-0.1, -0.05) is 25.3 Å². The summed E-state index contributed by atoms with van der Waals surface area (Å²) in [6.07, 6.45) is 8.22. The lowest BCUT2D eigenvalue weighted by atomic mass is 9.94. The summed E-state index contributed by atoms with van der Waals surface area (Å²) in [5.74, 6) is 0.313. The molecule has 1 aliphatic rings. The molecular weight excluding hydrogens is 436 g/mol. The van der Waals surface area contributed by atoms with Gasteiger partial charge >= 0.3 is 0 Å². The number of benzene rings is 1. The minimum Gasteiger partial charge on any atom is -0.396 e. The van der Waals surface area contributed by atoms with Crippen LogP contribution in [0.4, 0.5) is 5.95 Å². The second kappa shape index (κ2) is 10.9. The molecule has 0 bridgehead atoms. The van der Waals surface area contributed by atoms with Crippen molar-refractivity contribution >= 4 is 40.1 Å². The third-order valence-electron chi connectivity index (χ3n) is 6.45. The molecule has 0 radical (unpaired) electrons. The molecule has 2 amide bonds. The van der Waals surface area contributed by atoms with Crippen LogP contribution in [0.2, 0.25) is 0 Å². The standard InChI is InChI=1S/C25H32N4O3S/c1-28(19-9-4-2-5-10-19)24(32)18-12-13-21-20(17-18)26-25(29(21)14-6-3-7-15-30)27-23(31)22-11-8-16-33-22/h8,11-13,16-17,19,30H,2-7,9-10,14-15H2,1H3,(H,26,27,31). The Morgan fingerprint density at radius 1 is 1.18 bits per heavy atom. The molecule has 33 heavy (non-hydrogen) atoms. The van der Waals surface area contributed by atoms with E-state index in [0.29, 0.717) is 34.5 Å². The van der Waals surface area contributed by atoms with Gasteiger partial charge in [0.15, 0.2) is 0 Å². The van der Waals surface area contributed by atoms with E-state index in [4.69, 9.17) is 10.1 Å². The minimum absolute atomic E-state index is 0.0190. The summed E-state index contributed by atoms with van der Waals surface area (Å²) in [4.78, 5) is 33.0. The van der Waals surface area contributed by atoms with Gasteiger partial charge in [-0.25, -0.2) is 4.98 Å². The Balaban J connectivity index is 1.60. The molecule has 4 rings (SSSR count). The average Bonchev–Trinajstić information content (AvgIpc) is 3.49. The van der Waals surface area contributed by atoms with E-state index in [1.54, 1.807) is 6.07 Å². The Bertz CT molecular complexity index is 1090. The summed E-state index contributed by atoms with van der Waals surface area (Å²) in [6, 6.07) is 9.55. The van der Waals surface area contributed by atoms with Crippen LogP contribution in [0.5, 0.6) is 0 Å². The predicted molar refractivity (Wildman–Crippen MR) is 132 cm³/mol. The number of carbonyl (C=O) groups is 2. The van der Waals surface area contributed by atoms with Crippen LogP contribution in [0, 0.1) is 0 Å². The Morgan fingerprint density at radius 2 is 2.00 bits per heavy atom. The molecule has 1 fully saturated rings. The second-order valence-electron chi connectivity index (χ2n) is 8.71. The normalized spacial score (nSPS) is 14.5. The number of unbranched alkanes of at least 4 members (excludes halogenated alkanes) is 2. The highest BCUT2D eigenvalue weighted by atomic mass is 32.1. The third-order valence-corrected chi connectivity index (χ3v) is 7.32. The van der Waals surface area contributed by atoms with Crippen molar-refractivity contribution < 1.29 is 14.7 Å². The van der Waals surface area contributed by atoms with Crippen LogP contribution in [-0.2, 0) is 6.54 Å².